The van der Waals surface area contributed by atoms with E-state index in [0.717, 1.165) is 27.8 Å². The van der Waals surface area contributed by atoms with Crippen LogP contribution in [0.15, 0.2) is 103 Å². The van der Waals surface area contributed by atoms with Crippen molar-refractivity contribution in [1.29, 1.82) is 0 Å². The molecule has 0 spiro atoms. The zero-order valence-electron chi connectivity index (χ0n) is 32.2. The maximum atomic E-state index is 15.3. The Hall–Kier alpha value is -5.41. The molecule has 1 aliphatic carbocycles. The first-order valence-electron chi connectivity index (χ1n) is 20.0. The number of carbonyl (C=O) groups excluding carboxylic acids is 5. The minimum atomic E-state index is -1.88. The van der Waals surface area contributed by atoms with E-state index in [1.165, 1.54) is 16.9 Å². The summed E-state index contributed by atoms with van der Waals surface area (Å²) in [6.07, 6.45) is 0.489. The molecular formula is C47H45N3O6. The molecule has 9 nitrogen and oxygen atoms in total. The van der Waals surface area contributed by atoms with Gasteiger partial charge in [-0.3, -0.25) is 24.1 Å². The molecule has 0 bridgehead atoms. The predicted octanol–water partition coefficient (Wildman–Crippen LogP) is 6.77. The number of hydrogen-bond donors (Lipinski definition) is 0. The highest BCUT2D eigenvalue weighted by atomic mass is 16.5. The molecule has 0 aromatic heterocycles. The van der Waals surface area contributed by atoms with E-state index in [0.29, 0.717) is 17.8 Å². The molecule has 0 N–H and O–H groups in total. The largest absolute Gasteiger partial charge is 0.468 e. The summed E-state index contributed by atoms with van der Waals surface area (Å²) in [7, 11) is 1.28. The van der Waals surface area contributed by atoms with E-state index in [-0.39, 0.29) is 41.4 Å². The van der Waals surface area contributed by atoms with Gasteiger partial charge in [-0.2, -0.15) is 0 Å². The number of nitrogens with zero attached hydrogens (tertiary/aromatic N) is 3. The van der Waals surface area contributed by atoms with Crippen molar-refractivity contribution in [3.63, 3.8) is 0 Å². The van der Waals surface area contributed by atoms with Crippen molar-refractivity contribution >= 4 is 41.0 Å². The highest BCUT2D eigenvalue weighted by molar-refractivity contribution is 6.28. The van der Waals surface area contributed by atoms with E-state index in [9.17, 15) is 9.59 Å². The van der Waals surface area contributed by atoms with E-state index >= 15 is 14.4 Å². The second-order valence-corrected chi connectivity index (χ2v) is 17.2. The van der Waals surface area contributed by atoms with Crippen LogP contribution in [0.3, 0.4) is 0 Å². The van der Waals surface area contributed by atoms with Crippen LogP contribution in [0.25, 0.3) is 0 Å². The molecule has 5 saturated heterocycles. The van der Waals surface area contributed by atoms with Crippen molar-refractivity contribution in [1.82, 2.24) is 4.90 Å². The van der Waals surface area contributed by atoms with Gasteiger partial charge in [-0.05, 0) is 82.2 Å². The van der Waals surface area contributed by atoms with Gasteiger partial charge in [0, 0.05) is 18.0 Å². The van der Waals surface area contributed by atoms with E-state index in [1.807, 2.05) is 59.5 Å². The average molecular weight is 748 g/mol. The average Bonchev–Trinajstić information content (AvgIpc) is 3.94. The molecule has 56 heavy (non-hydrogen) atoms. The van der Waals surface area contributed by atoms with Crippen LogP contribution in [0.2, 0.25) is 0 Å². The molecule has 6 aliphatic rings. The Labute approximate surface area is 326 Å². The van der Waals surface area contributed by atoms with Crippen molar-refractivity contribution < 1.29 is 28.7 Å². The number of rotatable bonds is 6. The molecule has 4 aromatic rings. The molecular weight excluding hydrogens is 703 g/mol. The van der Waals surface area contributed by atoms with Gasteiger partial charge in [0.05, 0.1) is 42.2 Å². The van der Waals surface area contributed by atoms with Crippen LogP contribution in [0.4, 0.5) is 11.4 Å². The van der Waals surface area contributed by atoms with E-state index in [1.54, 1.807) is 24.3 Å². The van der Waals surface area contributed by atoms with Gasteiger partial charge in [0.15, 0.2) is 0 Å². The number of imide groups is 2. The minimum absolute atomic E-state index is 0.0972. The summed E-state index contributed by atoms with van der Waals surface area (Å²) in [6, 6.07) is 32.2. The Balaban J connectivity index is 1.20. The number of benzene rings is 4. The molecule has 0 saturated carbocycles. The van der Waals surface area contributed by atoms with Crippen LogP contribution in [0.1, 0.15) is 85.6 Å². The van der Waals surface area contributed by atoms with Gasteiger partial charge in [0.1, 0.15) is 5.54 Å². The molecule has 0 unspecified atom stereocenters. The van der Waals surface area contributed by atoms with Gasteiger partial charge in [0.2, 0.25) is 23.6 Å². The van der Waals surface area contributed by atoms with Gasteiger partial charge in [-0.25, -0.2) is 14.6 Å². The normalized spacial score (nSPS) is 32.6. The monoisotopic (exact) mass is 747 g/mol. The standard InChI is InChI=1S/C47H45N3O6/c1-24(2)26-15-19-29(20-16-26)48-42(51)37-34-23-33-31-13-9-10-14-32(31)35(28-11-7-6-8-12-28)36(33)41-38-40(47(50(34)41,46(55)56-5)39(37)44(48)53)45(54)49(43(38)52)30-21-17-27(18-22-30)25(3)4/h6-22,24-25,33-41H,23H2,1-5H3/t33-,34-,35+,36-,37+,38-,39-,40-,41-,47-/m0/s1. The van der Waals surface area contributed by atoms with Gasteiger partial charge >= 0.3 is 5.97 Å². The zero-order valence-corrected chi connectivity index (χ0v) is 32.2. The number of piperidine rings is 1. The first kappa shape index (κ1) is 35.0. The first-order valence-corrected chi connectivity index (χ1v) is 20.0. The number of esters is 1. The van der Waals surface area contributed by atoms with Crippen molar-refractivity contribution in [2.75, 3.05) is 16.9 Å². The Kier molecular flexibility index (Phi) is 7.69. The summed E-state index contributed by atoms with van der Waals surface area (Å²) >= 11 is 0. The summed E-state index contributed by atoms with van der Waals surface area (Å²) in [5.74, 6) is -6.87. The fourth-order valence-corrected chi connectivity index (χ4v) is 12.2. The highest BCUT2D eigenvalue weighted by Gasteiger charge is 2.86. The predicted molar refractivity (Wildman–Crippen MR) is 210 cm³/mol. The number of carbonyl (C=O) groups is 5. The Morgan fingerprint density at radius 1 is 0.643 bits per heavy atom. The van der Waals surface area contributed by atoms with Gasteiger partial charge in [-0.15, -0.1) is 0 Å². The molecule has 4 amide bonds. The van der Waals surface area contributed by atoms with Crippen molar-refractivity contribution in [3.05, 3.63) is 131 Å². The lowest BCUT2D eigenvalue weighted by atomic mass is 9.64. The second-order valence-electron chi connectivity index (χ2n) is 17.2. The third-order valence-corrected chi connectivity index (χ3v) is 14.3. The Bertz CT molecular complexity index is 2320. The summed E-state index contributed by atoms with van der Waals surface area (Å²) in [5.41, 5.74) is 4.49. The Morgan fingerprint density at radius 3 is 1.68 bits per heavy atom. The lowest BCUT2D eigenvalue weighted by molar-refractivity contribution is -0.164. The summed E-state index contributed by atoms with van der Waals surface area (Å²) < 4.78 is 5.69. The van der Waals surface area contributed by atoms with E-state index in [2.05, 4.69) is 52.0 Å². The van der Waals surface area contributed by atoms with Crippen molar-refractivity contribution in [2.45, 2.75) is 75.4 Å². The summed E-state index contributed by atoms with van der Waals surface area (Å²) in [6.45, 7) is 8.32. The molecule has 10 atom stereocenters. The van der Waals surface area contributed by atoms with E-state index < -0.39 is 59.1 Å². The van der Waals surface area contributed by atoms with Gasteiger partial charge < -0.3 is 4.74 Å². The molecule has 5 heterocycles. The molecule has 0 radical (unpaired) electrons. The maximum absolute atomic E-state index is 15.3. The number of methoxy groups -OCH3 is 1. The lowest BCUT2D eigenvalue weighted by Gasteiger charge is -2.49. The Morgan fingerprint density at radius 2 is 1.14 bits per heavy atom. The minimum Gasteiger partial charge on any atom is -0.468 e. The third kappa shape index (κ3) is 4.32. The highest BCUT2D eigenvalue weighted by Crippen LogP contribution is 2.71. The first-order chi connectivity index (χ1) is 27.0. The summed E-state index contributed by atoms with van der Waals surface area (Å²) in [4.78, 5) is 80.3. The number of fused-ring (bicyclic) bond motifs is 10. The molecule has 5 aliphatic heterocycles. The van der Waals surface area contributed by atoms with Crippen LogP contribution in [0, 0.1) is 29.6 Å². The van der Waals surface area contributed by atoms with Crippen LogP contribution in [0.5, 0.6) is 0 Å². The lowest BCUT2D eigenvalue weighted by Crippen LogP contribution is -2.64. The van der Waals surface area contributed by atoms with Gasteiger partial charge in [-0.1, -0.05) is 107 Å². The molecule has 5 fully saturated rings. The van der Waals surface area contributed by atoms with Crippen LogP contribution < -0.4 is 9.80 Å². The topological polar surface area (TPSA) is 104 Å². The maximum Gasteiger partial charge on any atom is 0.328 e. The third-order valence-electron chi connectivity index (χ3n) is 14.3. The van der Waals surface area contributed by atoms with Crippen molar-refractivity contribution in [2.24, 2.45) is 29.6 Å². The SMILES string of the molecule is COC(=O)[C@@]12[C@@H]3C(=O)N(c4ccc(C(C)C)cc4)C(=O)[C@@H]3[C@@H]3[C@@H]4[C@H](c5ccccc5)c5ccccc5[C@@H]4C[C@@H]([C@H]4C(=O)N(c5ccc(C(C)C)cc5)C(=O)[C@H]41)N32. The van der Waals surface area contributed by atoms with Crippen LogP contribution in [-0.4, -0.2) is 59.2 Å². The van der Waals surface area contributed by atoms with E-state index in [4.69, 9.17) is 4.74 Å². The van der Waals surface area contributed by atoms with Gasteiger partial charge in [0.25, 0.3) is 0 Å². The van der Waals surface area contributed by atoms with Crippen LogP contribution in [-0.2, 0) is 28.7 Å². The fourth-order valence-electron chi connectivity index (χ4n) is 12.2. The number of ether oxygens (including phenoxy) is 1. The zero-order chi connectivity index (χ0) is 38.9. The molecule has 9 heteroatoms. The number of hydrogen-bond acceptors (Lipinski definition) is 7. The van der Waals surface area contributed by atoms with Crippen molar-refractivity contribution in [3.8, 4) is 0 Å². The quantitative estimate of drug-likeness (QED) is 0.158. The van der Waals surface area contributed by atoms with Crippen LogP contribution >= 0.6 is 0 Å². The molecule has 284 valence electrons. The molecule has 4 aromatic carbocycles. The number of anilines is 2. The smallest absolute Gasteiger partial charge is 0.328 e. The fraction of sp³-hybridized carbons (Fsp3) is 0.383. The number of amides is 4. The summed E-state index contributed by atoms with van der Waals surface area (Å²) in [5, 5.41) is 0. The molecule has 10 rings (SSSR count). The second kappa shape index (κ2) is 12.3.